The van der Waals surface area contributed by atoms with E-state index in [0.717, 1.165) is 0 Å². The van der Waals surface area contributed by atoms with Crippen molar-refractivity contribution in [3.8, 4) is 6.07 Å². The first kappa shape index (κ1) is 10.1. The second-order valence-corrected chi connectivity index (χ2v) is 2.58. The highest BCUT2D eigenvalue weighted by Gasteiger charge is 2.11. The standard InChI is InChI=1S/C9H10N2O3/c1-2-13-8(12)4-7-3-6(5-10)9(11)14-7/h3H,2,4,11H2,1H3. The first-order valence-corrected chi connectivity index (χ1v) is 4.11. The summed E-state index contributed by atoms with van der Waals surface area (Å²) in [6.45, 7) is 2.04. The van der Waals surface area contributed by atoms with E-state index in [0.29, 0.717) is 12.4 Å². The summed E-state index contributed by atoms with van der Waals surface area (Å²) in [7, 11) is 0. The molecule has 0 saturated heterocycles. The molecule has 14 heavy (non-hydrogen) atoms. The van der Waals surface area contributed by atoms with Gasteiger partial charge in [-0.15, -0.1) is 0 Å². The zero-order chi connectivity index (χ0) is 10.6. The molecule has 0 radical (unpaired) electrons. The van der Waals surface area contributed by atoms with E-state index >= 15 is 0 Å². The van der Waals surface area contributed by atoms with E-state index in [4.69, 9.17) is 20.1 Å². The molecule has 0 aliphatic heterocycles. The lowest BCUT2D eigenvalue weighted by molar-refractivity contribution is -0.142. The number of rotatable bonds is 3. The lowest BCUT2D eigenvalue weighted by atomic mass is 10.3. The maximum Gasteiger partial charge on any atom is 0.313 e. The number of nitriles is 1. The van der Waals surface area contributed by atoms with Crippen LogP contribution in [0, 0.1) is 11.3 Å². The van der Waals surface area contributed by atoms with Crippen LogP contribution in [0.15, 0.2) is 10.5 Å². The summed E-state index contributed by atoms with van der Waals surface area (Å²) in [6.07, 6.45) is -0.000278. The van der Waals surface area contributed by atoms with Crippen molar-refractivity contribution >= 4 is 11.9 Å². The van der Waals surface area contributed by atoms with Gasteiger partial charge in [-0.1, -0.05) is 0 Å². The van der Waals surface area contributed by atoms with E-state index in [1.54, 1.807) is 6.92 Å². The summed E-state index contributed by atoms with van der Waals surface area (Å²) in [6, 6.07) is 3.29. The molecule has 5 nitrogen and oxygen atoms in total. The summed E-state index contributed by atoms with van der Waals surface area (Å²) in [5, 5.41) is 8.56. The topological polar surface area (TPSA) is 89.2 Å². The summed E-state index contributed by atoms with van der Waals surface area (Å²) >= 11 is 0. The van der Waals surface area contributed by atoms with Crippen molar-refractivity contribution in [2.45, 2.75) is 13.3 Å². The van der Waals surface area contributed by atoms with Crippen LogP contribution in [-0.4, -0.2) is 12.6 Å². The lowest BCUT2D eigenvalue weighted by Gasteiger charge is -1.97. The van der Waals surface area contributed by atoms with Crippen molar-refractivity contribution in [1.82, 2.24) is 0 Å². The smallest absolute Gasteiger partial charge is 0.313 e. The molecule has 74 valence electrons. The monoisotopic (exact) mass is 194 g/mol. The van der Waals surface area contributed by atoms with E-state index < -0.39 is 5.97 Å². The Morgan fingerprint density at radius 2 is 2.50 bits per heavy atom. The van der Waals surface area contributed by atoms with Crippen molar-refractivity contribution in [2.75, 3.05) is 12.3 Å². The number of hydrogen-bond acceptors (Lipinski definition) is 5. The molecule has 0 bridgehead atoms. The van der Waals surface area contributed by atoms with Crippen molar-refractivity contribution in [3.05, 3.63) is 17.4 Å². The van der Waals surface area contributed by atoms with Crippen LogP contribution in [0.3, 0.4) is 0 Å². The number of esters is 1. The fraction of sp³-hybridized carbons (Fsp3) is 0.333. The van der Waals surface area contributed by atoms with Gasteiger partial charge in [0, 0.05) is 6.07 Å². The van der Waals surface area contributed by atoms with Crippen LogP contribution >= 0.6 is 0 Å². The average Bonchev–Trinajstić information content (AvgIpc) is 2.46. The van der Waals surface area contributed by atoms with Gasteiger partial charge in [-0.25, -0.2) is 0 Å². The Morgan fingerprint density at radius 1 is 1.79 bits per heavy atom. The Labute approximate surface area is 81.1 Å². The highest BCUT2D eigenvalue weighted by molar-refractivity contribution is 5.72. The number of nitrogen functional groups attached to an aromatic ring is 1. The lowest BCUT2D eigenvalue weighted by Crippen LogP contribution is -2.06. The first-order valence-electron chi connectivity index (χ1n) is 4.11. The van der Waals surface area contributed by atoms with Crippen LogP contribution in [0.25, 0.3) is 0 Å². The molecule has 2 N–H and O–H groups in total. The average molecular weight is 194 g/mol. The van der Waals surface area contributed by atoms with Crippen LogP contribution in [0.5, 0.6) is 0 Å². The fourth-order valence-corrected chi connectivity index (χ4v) is 0.987. The van der Waals surface area contributed by atoms with E-state index in [1.807, 2.05) is 6.07 Å². The molecule has 0 aromatic carbocycles. The van der Waals surface area contributed by atoms with E-state index in [9.17, 15) is 4.79 Å². The number of ether oxygens (including phenoxy) is 1. The molecule has 0 saturated carbocycles. The Bertz CT molecular complexity index is 376. The van der Waals surface area contributed by atoms with Gasteiger partial charge in [-0.2, -0.15) is 5.26 Å². The molecule has 0 spiro atoms. The quantitative estimate of drug-likeness (QED) is 0.720. The molecule has 0 aliphatic rings. The number of anilines is 1. The number of carbonyl (C=O) groups is 1. The summed E-state index contributed by atoms with van der Waals surface area (Å²) in [5.74, 6) is -0.0185. The van der Waals surface area contributed by atoms with Crippen LogP contribution in [0.1, 0.15) is 18.2 Å². The third kappa shape index (κ3) is 2.26. The highest BCUT2D eigenvalue weighted by atomic mass is 16.5. The van der Waals surface area contributed by atoms with Gasteiger partial charge in [-0.3, -0.25) is 4.79 Å². The molecule has 0 amide bonds. The van der Waals surface area contributed by atoms with E-state index in [1.165, 1.54) is 6.07 Å². The van der Waals surface area contributed by atoms with Crippen LogP contribution in [0.2, 0.25) is 0 Å². The number of nitrogens with two attached hydrogens (primary N) is 1. The largest absolute Gasteiger partial charge is 0.466 e. The van der Waals surface area contributed by atoms with Crippen molar-refractivity contribution < 1.29 is 13.9 Å². The maximum atomic E-state index is 11.0. The SMILES string of the molecule is CCOC(=O)Cc1cc(C#N)c(N)o1. The molecule has 0 aliphatic carbocycles. The normalized spacial score (nSPS) is 9.43. The van der Waals surface area contributed by atoms with Gasteiger partial charge in [0.25, 0.3) is 0 Å². The Balaban J connectivity index is 2.69. The molecule has 1 heterocycles. The minimum Gasteiger partial charge on any atom is -0.466 e. The van der Waals surface area contributed by atoms with Crippen LogP contribution < -0.4 is 5.73 Å². The van der Waals surface area contributed by atoms with Crippen molar-refractivity contribution in [2.24, 2.45) is 0 Å². The second kappa shape index (κ2) is 4.33. The number of carbonyl (C=O) groups excluding carboxylic acids is 1. The zero-order valence-electron chi connectivity index (χ0n) is 7.74. The molecule has 0 atom stereocenters. The minimum absolute atomic E-state index is 0.000278. The Hall–Kier alpha value is -1.96. The summed E-state index contributed by atoms with van der Waals surface area (Å²) in [4.78, 5) is 11.0. The number of furan rings is 1. The van der Waals surface area contributed by atoms with Gasteiger partial charge >= 0.3 is 5.97 Å². The summed E-state index contributed by atoms with van der Waals surface area (Å²) < 4.78 is 9.68. The van der Waals surface area contributed by atoms with Gasteiger partial charge < -0.3 is 14.9 Å². The van der Waals surface area contributed by atoms with Crippen LogP contribution in [-0.2, 0) is 16.0 Å². The number of hydrogen-bond donors (Lipinski definition) is 1. The Kier molecular flexibility index (Phi) is 3.13. The second-order valence-electron chi connectivity index (χ2n) is 2.58. The van der Waals surface area contributed by atoms with Gasteiger partial charge in [0.2, 0.25) is 5.88 Å². The molecule has 1 aromatic heterocycles. The van der Waals surface area contributed by atoms with Gasteiger partial charge in [0.1, 0.15) is 23.8 Å². The first-order chi connectivity index (χ1) is 6.67. The zero-order valence-corrected chi connectivity index (χ0v) is 7.74. The molecule has 5 heteroatoms. The maximum absolute atomic E-state index is 11.0. The third-order valence-electron chi connectivity index (χ3n) is 1.56. The van der Waals surface area contributed by atoms with Crippen molar-refractivity contribution in [1.29, 1.82) is 5.26 Å². The molecule has 0 fully saturated rings. The predicted octanol–water partition coefficient (Wildman–Crippen LogP) is 0.839. The third-order valence-corrected chi connectivity index (χ3v) is 1.56. The van der Waals surface area contributed by atoms with Crippen molar-refractivity contribution in [3.63, 3.8) is 0 Å². The Morgan fingerprint density at radius 3 is 3.00 bits per heavy atom. The van der Waals surface area contributed by atoms with Gasteiger partial charge in [0.15, 0.2) is 0 Å². The van der Waals surface area contributed by atoms with E-state index in [2.05, 4.69) is 0 Å². The van der Waals surface area contributed by atoms with E-state index in [-0.39, 0.29) is 17.9 Å². The number of nitrogens with zero attached hydrogens (tertiary/aromatic N) is 1. The molecule has 1 rings (SSSR count). The summed E-state index contributed by atoms with van der Waals surface area (Å²) in [5.41, 5.74) is 5.60. The van der Waals surface area contributed by atoms with Crippen LogP contribution in [0.4, 0.5) is 5.88 Å². The van der Waals surface area contributed by atoms with Gasteiger partial charge in [-0.05, 0) is 6.92 Å². The predicted molar refractivity (Wildman–Crippen MR) is 48.2 cm³/mol. The molecular weight excluding hydrogens is 184 g/mol. The fourth-order valence-electron chi connectivity index (χ4n) is 0.987. The minimum atomic E-state index is -0.397. The van der Waals surface area contributed by atoms with Gasteiger partial charge in [0.05, 0.1) is 6.61 Å². The highest BCUT2D eigenvalue weighted by Crippen LogP contribution is 2.17. The molecule has 1 aromatic rings. The molecule has 0 unspecified atom stereocenters. The molecular formula is C9H10N2O3.